The van der Waals surface area contributed by atoms with E-state index in [2.05, 4.69) is 15.9 Å². The molecule has 0 unspecified atom stereocenters. The highest BCUT2D eigenvalue weighted by atomic mass is 79.9. The van der Waals surface area contributed by atoms with Crippen molar-refractivity contribution in [2.75, 3.05) is 0 Å². The maximum atomic E-state index is 12.5. The number of carbonyl (C=O) groups is 1. The molecule has 0 saturated carbocycles. The first-order valence-electron chi connectivity index (χ1n) is 5.74. The van der Waals surface area contributed by atoms with Gasteiger partial charge in [0.25, 0.3) is 0 Å². The third kappa shape index (κ3) is 2.37. The summed E-state index contributed by atoms with van der Waals surface area (Å²) in [6.07, 6.45) is 0. The van der Waals surface area contributed by atoms with Crippen molar-refractivity contribution in [3.8, 4) is 0 Å². The van der Waals surface area contributed by atoms with Crippen LogP contribution >= 0.6 is 39.1 Å². The number of halogens is 3. The number of fused-ring (bicyclic) bond motifs is 1. The van der Waals surface area contributed by atoms with E-state index in [1.165, 1.54) is 0 Å². The minimum Gasteiger partial charge on any atom is -0.451 e. The van der Waals surface area contributed by atoms with Gasteiger partial charge in [-0.25, -0.2) is 0 Å². The molecule has 0 aliphatic rings. The summed E-state index contributed by atoms with van der Waals surface area (Å²) in [6.45, 7) is 0. The molecule has 0 aliphatic carbocycles. The van der Waals surface area contributed by atoms with Crippen molar-refractivity contribution in [2.24, 2.45) is 0 Å². The Morgan fingerprint density at radius 2 is 1.90 bits per heavy atom. The van der Waals surface area contributed by atoms with Crippen molar-refractivity contribution < 1.29 is 9.21 Å². The zero-order valence-corrected chi connectivity index (χ0v) is 13.1. The summed E-state index contributed by atoms with van der Waals surface area (Å²) in [6, 6.07) is 12.1. The first-order chi connectivity index (χ1) is 9.56. The number of hydrogen-bond donors (Lipinski definition) is 0. The molecule has 100 valence electrons. The molecule has 20 heavy (non-hydrogen) atoms. The van der Waals surface area contributed by atoms with E-state index in [0.717, 1.165) is 5.39 Å². The molecule has 1 aromatic heterocycles. The van der Waals surface area contributed by atoms with Crippen LogP contribution in [0, 0.1) is 0 Å². The molecule has 3 rings (SSSR count). The van der Waals surface area contributed by atoms with E-state index in [0.29, 0.717) is 25.7 Å². The summed E-state index contributed by atoms with van der Waals surface area (Å²) < 4.78 is 6.23. The minimum atomic E-state index is -0.244. The Labute approximate surface area is 133 Å². The number of furan rings is 1. The van der Waals surface area contributed by atoms with Gasteiger partial charge in [-0.15, -0.1) is 0 Å². The lowest BCUT2D eigenvalue weighted by Crippen LogP contribution is -2.00. The summed E-state index contributed by atoms with van der Waals surface area (Å²) in [4.78, 5) is 12.5. The zero-order valence-electron chi connectivity index (χ0n) is 9.99. The van der Waals surface area contributed by atoms with Crippen LogP contribution in [-0.2, 0) is 0 Å². The molecular weight excluding hydrogens is 363 g/mol. The van der Waals surface area contributed by atoms with Crippen LogP contribution in [0.25, 0.3) is 11.0 Å². The minimum absolute atomic E-state index is 0.232. The van der Waals surface area contributed by atoms with Gasteiger partial charge in [-0.3, -0.25) is 4.79 Å². The summed E-state index contributed by atoms with van der Waals surface area (Å²) in [5.41, 5.74) is 0.961. The summed E-state index contributed by atoms with van der Waals surface area (Å²) >= 11 is 15.3. The second kappa shape index (κ2) is 5.24. The number of carbonyl (C=O) groups excluding carboxylic acids is 1. The van der Waals surface area contributed by atoms with Crippen LogP contribution in [-0.4, -0.2) is 5.78 Å². The maximum Gasteiger partial charge on any atom is 0.229 e. The van der Waals surface area contributed by atoms with Crippen LogP contribution in [0.1, 0.15) is 16.1 Å². The molecule has 3 aromatic rings. The molecule has 2 aromatic carbocycles. The third-order valence-electron chi connectivity index (χ3n) is 2.89. The van der Waals surface area contributed by atoms with Gasteiger partial charge in [0.2, 0.25) is 5.78 Å². The van der Waals surface area contributed by atoms with E-state index in [4.69, 9.17) is 27.6 Å². The predicted molar refractivity (Wildman–Crippen MR) is 83.8 cm³/mol. The third-order valence-corrected chi connectivity index (χ3v) is 4.12. The predicted octanol–water partition coefficient (Wildman–Crippen LogP) is 5.73. The lowest BCUT2D eigenvalue weighted by molar-refractivity contribution is 0.101. The van der Waals surface area contributed by atoms with E-state index >= 15 is 0 Å². The van der Waals surface area contributed by atoms with Gasteiger partial charge in [-0.1, -0.05) is 51.3 Å². The van der Waals surface area contributed by atoms with Crippen molar-refractivity contribution in [3.05, 3.63) is 68.3 Å². The fraction of sp³-hybridized carbons (Fsp3) is 0. The molecule has 0 radical (unpaired) electrons. The number of benzene rings is 2. The Morgan fingerprint density at radius 1 is 1.10 bits per heavy atom. The fourth-order valence-electron chi connectivity index (χ4n) is 1.94. The average molecular weight is 370 g/mol. The molecule has 2 nitrogen and oxygen atoms in total. The lowest BCUT2D eigenvalue weighted by atomic mass is 10.1. The summed E-state index contributed by atoms with van der Waals surface area (Å²) in [5.74, 6) is -0.0114. The molecule has 0 spiro atoms. The quantitative estimate of drug-likeness (QED) is 0.539. The second-order valence-electron chi connectivity index (χ2n) is 4.22. The van der Waals surface area contributed by atoms with Gasteiger partial charge in [0.1, 0.15) is 0 Å². The van der Waals surface area contributed by atoms with Gasteiger partial charge < -0.3 is 4.42 Å². The maximum absolute atomic E-state index is 12.5. The van der Waals surface area contributed by atoms with Crippen molar-refractivity contribution >= 4 is 55.9 Å². The van der Waals surface area contributed by atoms with Crippen LogP contribution in [0.15, 0.2) is 51.4 Å². The van der Waals surface area contributed by atoms with Gasteiger partial charge in [-0.05, 0) is 30.3 Å². The van der Waals surface area contributed by atoms with Gasteiger partial charge in [0, 0.05) is 20.4 Å². The van der Waals surface area contributed by atoms with Crippen LogP contribution in [0.5, 0.6) is 0 Å². The van der Waals surface area contributed by atoms with Crippen LogP contribution in [0.2, 0.25) is 10.0 Å². The SMILES string of the molecule is O=C(c1cc2cccc(Cl)c2o1)c1cc(Cl)ccc1Br. The van der Waals surface area contributed by atoms with Gasteiger partial charge in [-0.2, -0.15) is 0 Å². The van der Waals surface area contributed by atoms with Crippen molar-refractivity contribution in [3.63, 3.8) is 0 Å². The van der Waals surface area contributed by atoms with E-state index < -0.39 is 0 Å². The normalized spacial score (nSPS) is 10.9. The zero-order chi connectivity index (χ0) is 14.3. The van der Waals surface area contributed by atoms with Gasteiger partial charge in [0.15, 0.2) is 11.3 Å². The molecule has 5 heteroatoms. The van der Waals surface area contributed by atoms with Crippen molar-refractivity contribution in [2.45, 2.75) is 0 Å². The number of para-hydroxylation sites is 1. The Morgan fingerprint density at radius 3 is 2.65 bits per heavy atom. The molecule has 0 aliphatic heterocycles. The topological polar surface area (TPSA) is 30.2 Å². The molecule has 0 saturated heterocycles. The highest BCUT2D eigenvalue weighted by molar-refractivity contribution is 9.10. The highest BCUT2D eigenvalue weighted by Gasteiger charge is 2.18. The summed E-state index contributed by atoms with van der Waals surface area (Å²) in [5, 5.41) is 1.76. The number of ketones is 1. The first kappa shape index (κ1) is 13.7. The summed E-state index contributed by atoms with van der Waals surface area (Å²) in [7, 11) is 0. The van der Waals surface area contributed by atoms with Gasteiger partial charge >= 0.3 is 0 Å². The highest BCUT2D eigenvalue weighted by Crippen LogP contribution is 2.30. The molecule has 0 atom stereocenters. The molecule has 0 amide bonds. The molecule has 0 fully saturated rings. The monoisotopic (exact) mass is 368 g/mol. The van der Waals surface area contributed by atoms with Gasteiger partial charge in [0.05, 0.1) is 5.02 Å². The Balaban J connectivity index is 2.13. The number of hydrogen-bond acceptors (Lipinski definition) is 2. The molecule has 1 heterocycles. The average Bonchev–Trinajstić information content (AvgIpc) is 2.86. The van der Waals surface area contributed by atoms with Crippen LogP contribution < -0.4 is 0 Å². The van der Waals surface area contributed by atoms with Crippen LogP contribution in [0.3, 0.4) is 0 Å². The fourth-order valence-corrected chi connectivity index (χ4v) is 2.76. The van der Waals surface area contributed by atoms with Crippen molar-refractivity contribution in [1.29, 1.82) is 0 Å². The molecule has 0 N–H and O–H groups in total. The van der Waals surface area contributed by atoms with E-state index in [-0.39, 0.29) is 11.5 Å². The lowest BCUT2D eigenvalue weighted by Gasteiger charge is -2.01. The Bertz CT molecular complexity index is 824. The smallest absolute Gasteiger partial charge is 0.229 e. The largest absolute Gasteiger partial charge is 0.451 e. The molecular formula is C15H7BrCl2O2. The second-order valence-corrected chi connectivity index (χ2v) is 5.92. The Hall–Kier alpha value is -1.29. The van der Waals surface area contributed by atoms with E-state index in [1.54, 1.807) is 30.3 Å². The van der Waals surface area contributed by atoms with E-state index in [9.17, 15) is 4.79 Å². The number of rotatable bonds is 2. The molecule has 0 bridgehead atoms. The Kier molecular flexibility index (Phi) is 3.59. The van der Waals surface area contributed by atoms with Crippen LogP contribution in [0.4, 0.5) is 0 Å². The van der Waals surface area contributed by atoms with Crippen molar-refractivity contribution in [1.82, 2.24) is 0 Å². The standard InChI is InChI=1S/C15H7BrCl2O2/c16-11-5-4-9(17)7-10(11)14(19)13-6-8-2-1-3-12(18)15(8)20-13/h1-7H. The first-order valence-corrected chi connectivity index (χ1v) is 7.29. The van der Waals surface area contributed by atoms with E-state index in [1.807, 2.05) is 12.1 Å².